The maximum Gasteiger partial charge on any atom is 0.127 e. The Kier molecular flexibility index (Phi) is 5.18. The average molecular weight is 334 g/mol. The van der Waals surface area contributed by atoms with E-state index in [-0.39, 0.29) is 0 Å². The van der Waals surface area contributed by atoms with E-state index in [4.69, 9.17) is 9.47 Å². The monoisotopic (exact) mass is 333 g/mol. The number of aliphatic imine (C=N–C) groups is 1. The first-order chi connectivity index (χ1) is 9.72. The fourth-order valence-corrected chi connectivity index (χ4v) is 2.12. The van der Waals surface area contributed by atoms with Crippen LogP contribution in [-0.2, 0) is 0 Å². The highest BCUT2D eigenvalue weighted by molar-refractivity contribution is 9.10. The molecule has 0 spiro atoms. The third-order valence-electron chi connectivity index (χ3n) is 2.69. The highest BCUT2D eigenvalue weighted by Crippen LogP contribution is 2.23. The first-order valence-electron chi connectivity index (χ1n) is 6.33. The van der Waals surface area contributed by atoms with Gasteiger partial charge in [0.15, 0.2) is 0 Å². The topological polar surface area (TPSA) is 30.8 Å². The standard InChI is InChI=1S/C16H16BrNO2/c1-3-20-15-7-5-14(6-8-15)18-11-12-10-13(17)4-9-16(12)19-2/h4-11H,3H2,1-2H3. The SMILES string of the molecule is CCOc1ccc(N=Cc2cc(Br)ccc2OC)cc1. The summed E-state index contributed by atoms with van der Waals surface area (Å²) in [7, 11) is 1.65. The molecule has 0 aliphatic rings. The van der Waals surface area contributed by atoms with Crippen molar-refractivity contribution in [2.75, 3.05) is 13.7 Å². The number of benzene rings is 2. The first kappa shape index (κ1) is 14.6. The number of methoxy groups -OCH3 is 1. The zero-order valence-corrected chi connectivity index (χ0v) is 13.1. The Balaban J connectivity index is 2.18. The third-order valence-corrected chi connectivity index (χ3v) is 3.19. The van der Waals surface area contributed by atoms with Gasteiger partial charge in [-0.25, -0.2) is 0 Å². The van der Waals surface area contributed by atoms with Gasteiger partial charge in [-0.05, 0) is 49.4 Å². The lowest BCUT2D eigenvalue weighted by Gasteiger charge is -2.05. The summed E-state index contributed by atoms with van der Waals surface area (Å²) in [6.07, 6.45) is 1.79. The van der Waals surface area contributed by atoms with Gasteiger partial charge in [0.05, 0.1) is 19.4 Å². The summed E-state index contributed by atoms with van der Waals surface area (Å²) in [5.74, 6) is 1.65. The van der Waals surface area contributed by atoms with E-state index in [2.05, 4.69) is 20.9 Å². The molecule has 0 aliphatic carbocycles. The molecule has 2 aromatic carbocycles. The summed E-state index contributed by atoms with van der Waals surface area (Å²) in [5, 5.41) is 0. The van der Waals surface area contributed by atoms with E-state index in [0.717, 1.165) is 27.2 Å². The predicted octanol–water partition coefficient (Wildman–Crippen LogP) is 4.61. The van der Waals surface area contributed by atoms with E-state index in [0.29, 0.717) is 6.61 Å². The first-order valence-corrected chi connectivity index (χ1v) is 7.12. The molecule has 0 atom stereocenters. The van der Waals surface area contributed by atoms with Crippen LogP contribution in [0.15, 0.2) is 51.9 Å². The number of hydrogen-bond acceptors (Lipinski definition) is 3. The van der Waals surface area contributed by atoms with Gasteiger partial charge in [-0.15, -0.1) is 0 Å². The molecule has 0 aliphatic heterocycles. The average Bonchev–Trinajstić information content (AvgIpc) is 2.47. The summed E-state index contributed by atoms with van der Waals surface area (Å²) < 4.78 is 11.7. The highest BCUT2D eigenvalue weighted by Gasteiger charge is 2.01. The third kappa shape index (κ3) is 3.84. The van der Waals surface area contributed by atoms with Gasteiger partial charge in [-0.2, -0.15) is 0 Å². The van der Waals surface area contributed by atoms with E-state index >= 15 is 0 Å². The molecule has 104 valence electrons. The van der Waals surface area contributed by atoms with Crippen molar-refractivity contribution >= 4 is 27.8 Å². The Morgan fingerprint density at radius 3 is 2.55 bits per heavy atom. The molecule has 2 rings (SSSR count). The number of halogens is 1. The molecule has 0 radical (unpaired) electrons. The van der Waals surface area contributed by atoms with Crippen LogP contribution in [0.5, 0.6) is 11.5 Å². The van der Waals surface area contributed by atoms with Crippen molar-refractivity contribution in [1.82, 2.24) is 0 Å². The highest BCUT2D eigenvalue weighted by atomic mass is 79.9. The van der Waals surface area contributed by atoms with Crippen LogP contribution >= 0.6 is 15.9 Å². The van der Waals surface area contributed by atoms with Gasteiger partial charge >= 0.3 is 0 Å². The Labute approximate surface area is 127 Å². The van der Waals surface area contributed by atoms with Crippen LogP contribution in [-0.4, -0.2) is 19.9 Å². The molecule has 0 saturated heterocycles. The van der Waals surface area contributed by atoms with Crippen LogP contribution in [0.2, 0.25) is 0 Å². The maximum atomic E-state index is 5.40. The summed E-state index contributed by atoms with van der Waals surface area (Å²) in [4.78, 5) is 4.45. The van der Waals surface area contributed by atoms with Crippen molar-refractivity contribution in [3.05, 3.63) is 52.5 Å². The van der Waals surface area contributed by atoms with Gasteiger partial charge in [-0.3, -0.25) is 4.99 Å². The van der Waals surface area contributed by atoms with E-state index in [1.807, 2.05) is 49.4 Å². The smallest absolute Gasteiger partial charge is 0.127 e. The molecule has 0 unspecified atom stereocenters. The van der Waals surface area contributed by atoms with Crippen molar-refractivity contribution in [3.63, 3.8) is 0 Å². The zero-order chi connectivity index (χ0) is 14.4. The molecular formula is C16H16BrNO2. The Morgan fingerprint density at radius 2 is 1.90 bits per heavy atom. The second-order valence-corrected chi connectivity index (χ2v) is 4.99. The summed E-state index contributed by atoms with van der Waals surface area (Å²) in [6.45, 7) is 2.63. The van der Waals surface area contributed by atoms with Gasteiger partial charge in [0.1, 0.15) is 11.5 Å². The van der Waals surface area contributed by atoms with Crippen molar-refractivity contribution in [2.24, 2.45) is 4.99 Å². The van der Waals surface area contributed by atoms with Crippen molar-refractivity contribution < 1.29 is 9.47 Å². The Bertz CT molecular complexity index is 594. The van der Waals surface area contributed by atoms with E-state index in [1.165, 1.54) is 0 Å². The van der Waals surface area contributed by atoms with Crippen LogP contribution in [0, 0.1) is 0 Å². The lowest BCUT2D eigenvalue weighted by Crippen LogP contribution is -1.91. The maximum absolute atomic E-state index is 5.40. The van der Waals surface area contributed by atoms with E-state index in [1.54, 1.807) is 13.3 Å². The predicted molar refractivity (Wildman–Crippen MR) is 85.6 cm³/mol. The van der Waals surface area contributed by atoms with Gasteiger partial charge in [-0.1, -0.05) is 15.9 Å². The lowest BCUT2D eigenvalue weighted by molar-refractivity contribution is 0.340. The fraction of sp³-hybridized carbons (Fsp3) is 0.188. The summed E-state index contributed by atoms with van der Waals surface area (Å²) in [5.41, 5.74) is 1.80. The van der Waals surface area contributed by atoms with E-state index in [9.17, 15) is 0 Å². The molecule has 0 fully saturated rings. The number of hydrogen-bond donors (Lipinski definition) is 0. The quantitative estimate of drug-likeness (QED) is 0.748. The number of nitrogens with zero attached hydrogens (tertiary/aromatic N) is 1. The minimum Gasteiger partial charge on any atom is -0.496 e. The largest absolute Gasteiger partial charge is 0.496 e. The molecule has 0 saturated carbocycles. The van der Waals surface area contributed by atoms with E-state index < -0.39 is 0 Å². The molecule has 0 bridgehead atoms. The molecule has 0 heterocycles. The normalized spacial score (nSPS) is 10.8. The van der Waals surface area contributed by atoms with Gasteiger partial charge < -0.3 is 9.47 Å². The second-order valence-electron chi connectivity index (χ2n) is 4.07. The van der Waals surface area contributed by atoms with Crippen LogP contribution in [0.4, 0.5) is 5.69 Å². The molecule has 20 heavy (non-hydrogen) atoms. The number of ether oxygens (including phenoxy) is 2. The van der Waals surface area contributed by atoms with Crippen LogP contribution in [0.25, 0.3) is 0 Å². The fourth-order valence-electron chi connectivity index (χ4n) is 1.75. The zero-order valence-electron chi connectivity index (χ0n) is 11.5. The van der Waals surface area contributed by atoms with Gasteiger partial charge in [0.2, 0.25) is 0 Å². The van der Waals surface area contributed by atoms with Crippen LogP contribution in [0.3, 0.4) is 0 Å². The summed E-state index contributed by atoms with van der Waals surface area (Å²) in [6, 6.07) is 13.5. The molecule has 0 aromatic heterocycles. The van der Waals surface area contributed by atoms with Crippen molar-refractivity contribution in [3.8, 4) is 11.5 Å². The minimum absolute atomic E-state index is 0.665. The molecule has 4 heteroatoms. The number of rotatable bonds is 5. The molecule has 0 N–H and O–H groups in total. The Morgan fingerprint density at radius 1 is 1.15 bits per heavy atom. The molecule has 0 amide bonds. The summed E-state index contributed by atoms with van der Waals surface area (Å²) >= 11 is 3.44. The van der Waals surface area contributed by atoms with Crippen LogP contribution in [0.1, 0.15) is 12.5 Å². The Hall–Kier alpha value is -1.81. The minimum atomic E-state index is 0.665. The van der Waals surface area contributed by atoms with Gasteiger partial charge in [0.25, 0.3) is 0 Å². The molecule has 3 nitrogen and oxygen atoms in total. The second kappa shape index (κ2) is 7.10. The molecular weight excluding hydrogens is 318 g/mol. The van der Waals surface area contributed by atoms with Gasteiger partial charge in [0, 0.05) is 16.3 Å². The lowest BCUT2D eigenvalue weighted by atomic mass is 10.2. The molecule has 2 aromatic rings. The van der Waals surface area contributed by atoms with Crippen LogP contribution < -0.4 is 9.47 Å². The van der Waals surface area contributed by atoms with Crippen molar-refractivity contribution in [2.45, 2.75) is 6.92 Å². The van der Waals surface area contributed by atoms with Crippen molar-refractivity contribution in [1.29, 1.82) is 0 Å².